The Bertz CT molecular complexity index is 184. The quantitative estimate of drug-likeness (QED) is 0.710. The Kier molecular flexibility index (Phi) is 8.04. The molecule has 1 amide bonds. The third-order valence-corrected chi connectivity index (χ3v) is 3.00. The van der Waals surface area contributed by atoms with E-state index < -0.39 is 0 Å². The van der Waals surface area contributed by atoms with E-state index in [-0.39, 0.29) is 18.3 Å². The summed E-state index contributed by atoms with van der Waals surface area (Å²) in [5, 5.41) is 6.09. The Morgan fingerprint density at radius 2 is 2.50 bits per heavy atom. The van der Waals surface area contributed by atoms with E-state index in [1.165, 1.54) is 0 Å². The third kappa shape index (κ3) is 5.52. The summed E-state index contributed by atoms with van der Waals surface area (Å²) < 4.78 is 0. The van der Waals surface area contributed by atoms with Gasteiger partial charge in [0, 0.05) is 37.1 Å². The number of hydrogen-bond donors (Lipinski definition) is 2. The molecule has 1 rings (SSSR count). The zero-order valence-electron chi connectivity index (χ0n) is 8.12. The molecule has 0 aromatic heterocycles. The van der Waals surface area contributed by atoms with Crippen molar-refractivity contribution >= 4 is 30.1 Å². The molecular formula is C9H17ClN2OS. The van der Waals surface area contributed by atoms with Crippen molar-refractivity contribution in [1.29, 1.82) is 0 Å². The zero-order chi connectivity index (χ0) is 9.52. The van der Waals surface area contributed by atoms with E-state index in [9.17, 15) is 4.79 Å². The van der Waals surface area contributed by atoms with Gasteiger partial charge < -0.3 is 10.6 Å². The standard InChI is InChI=1S/C9H16N2OS.ClH/c1-2-3-11-9(12)6-8-7-13-5-4-10-8;/h2,8,10H,1,3-7H2,(H,11,12);1H. The minimum absolute atomic E-state index is 0. The highest BCUT2D eigenvalue weighted by molar-refractivity contribution is 7.99. The Hall–Kier alpha value is -0.190. The van der Waals surface area contributed by atoms with Gasteiger partial charge in [-0.25, -0.2) is 0 Å². The second-order valence-corrected chi connectivity index (χ2v) is 4.17. The Morgan fingerprint density at radius 1 is 1.71 bits per heavy atom. The van der Waals surface area contributed by atoms with Crippen LogP contribution < -0.4 is 10.6 Å². The second kappa shape index (κ2) is 8.15. The molecular weight excluding hydrogens is 220 g/mol. The van der Waals surface area contributed by atoms with E-state index in [4.69, 9.17) is 0 Å². The van der Waals surface area contributed by atoms with Gasteiger partial charge in [0.05, 0.1) is 0 Å². The number of hydrogen-bond acceptors (Lipinski definition) is 3. The van der Waals surface area contributed by atoms with Gasteiger partial charge in [-0.1, -0.05) is 6.08 Å². The maximum Gasteiger partial charge on any atom is 0.221 e. The van der Waals surface area contributed by atoms with Crippen LogP contribution in [-0.2, 0) is 4.79 Å². The van der Waals surface area contributed by atoms with Gasteiger partial charge in [-0.2, -0.15) is 11.8 Å². The molecule has 1 unspecified atom stereocenters. The second-order valence-electron chi connectivity index (χ2n) is 3.02. The summed E-state index contributed by atoms with van der Waals surface area (Å²) in [6.45, 7) is 5.13. The number of halogens is 1. The first-order valence-electron chi connectivity index (χ1n) is 4.51. The van der Waals surface area contributed by atoms with Crippen LogP contribution in [0, 0.1) is 0 Å². The van der Waals surface area contributed by atoms with Crippen molar-refractivity contribution in [3.8, 4) is 0 Å². The Morgan fingerprint density at radius 3 is 3.07 bits per heavy atom. The van der Waals surface area contributed by atoms with Crippen LogP contribution in [0.2, 0.25) is 0 Å². The van der Waals surface area contributed by atoms with Crippen LogP contribution in [0.1, 0.15) is 6.42 Å². The van der Waals surface area contributed by atoms with Crippen molar-refractivity contribution in [2.45, 2.75) is 12.5 Å². The van der Waals surface area contributed by atoms with Crippen LogP contribution in [0.3, 0.4) is 0 Å². The molecule has 0 bridgehead atoms. The molecule has 14 heavy (non-hydrogen) atoms. The monoisotopic (exact) mass is 236 g/mol. The van der Waals surface area contributed by atoms with Crippen molar-refractivity contribution in [2.24, 2.45) is 0 Å². The largest absolute Gasteiger partial charge is 0.353 e. The van der Waals surface area contributed by atoms with Crippen molar-refractivity contribution in [2.75, 3.05) is 24.6 Å². The molecule has 1 heterocycles. The van der Waals surface area contributed by atoms with Crippen molar-refractivity contribution in [3.05, 3.63) is 12.7 Å². The molecule has 0 radical (unpaired) electrons. The summed E-state index contributed by atoms with van der Waals surface area (Å²) in [4.78, 5) is 11.3. The van der Waals surface area contributed by atoms with E-state index in [2.05, 4.69) is 17.2 Å². The summed E-state index contributed by atoms with van der Waals surface area (Å²) >= 11 is 1.91. The number of nitrogens with one attached hydrogen (secondary N) is 2. The first kappa shape index (κ1) is 13.8. The summed E-state index contributed by atoms with van der Waals surface area (Å²) in [7, 11) is 0. The van der Waals surface area contributed by atoms with E-state index in [0.29, 0.717) is 19.0 Å². The molecule has 82 valence electrons. The minimum atomic E-state index is 0. The SMILES string of the molecule is C=CCNC(=O)CC1CSCCN1.Cl. The highest BCUT2D eigenvalue weighted by atomic mass is 35.5. The molecule has 1 saturated heterocycles. The van der Waals surface area contributed by atoms with Gasteiger partial charge in [-0.15, -0.1) is 19.0 Å². The van der Waals surface area contributed by atoms with Crippen molar-refractivity contribution in [1.82, 2.24) is 10.6 Å². The summed E-state index contributed by atoms with van der Waals surface area (Å²) in [5.74, 6) is 2.31. The molecule has 3 nitrogen and oxygen atoms in total. The summed E-state index contributed by atoms with van der Waals surface area (Å²) in [6, 6.07) is 0.351. The van der Waals surface area contributed by atoms with Gasteiger partial charge in [0.1, 0.15) is 0 Å². The fraction of sp³-hybridized carbons (Fsp3) is 0.667. The lowest BCUT2D eigenvalue weighted by molar-refractivity contribution is -0.121. The summed E-state index contributed by atoms with van der Waals surface area (Å²) in [5.41, 5.74) is 0. The van der Waals surface area contributed by atoms with E-state index in [1.54, 1.807) is 6.08 Å². The average Bonchev–Trinajstić information content (AvgIpc) is 2.16. The van der Waals surface area contributed by atoms with Crippen LogP contribution in [0.5, 0.6) is 0 Å². The van der Waals surface area contributed by atoms with Crippen molar-refractivity contribution in [3.63, 3.8) is 0 Å². The first-order chi connectivity index (χ1) is 6.33. The molecule has 0 saturated carbocycles. The van der Waals surface area contributed by atoms with Crippen LogP contribution in [0.4, 0.5) is 0 Å². The number of amides is 1. The average molecular weight is 237 g/mol. The molecule has 2 N–H and O–H groups in total. The van der Waals surface area contributed by atoms with Crippen LogP contribution >= 0.6 is 24.2 Å². The fourth-order valence-corrected chi connectivity index (χ4v) is 2.18. The number of carbonyl (C=O) groups excluding carboxylic acids is 1. The Balaban J connectivity index is 0.00000169. The molecule has 1 atom stereocenters. The highest BCUT2D eigenvalue weighted by Crippen LogP contribution is 2.09. The lowest BCUT2D eigenvalue weighted by atomic mass is 10.2. The van der Waals surface area contributed by atoms with Gasteiger partial charge in [-0.05, 0) is 0 Å². The molecule has 1 aliphatic rings. The topological polar surface area (TPSA) is 41.1 Å². The molecule has 0 aromatic carbocycles. The Labute approximate surface area is 95.5 Å². The maximum atomic E-state index is 11.3. The molecule has 5 heteroatoms. The normalized spacial score (nSPS) is 20.7. The molecule has 1 aliphatic heterocycles. The minimum Gasteiger partial charge on any atom is -0.353 e. The van der Waals surface area contributed by atoms with Gasteiger partial charge in [0.2, 0.25) is 5.91 Å². The smallest absolute Gasteiger partial charge is 0.221 e. The van der Waals surface area contributed by atoms with E-state index in [1.807, 2.05) is 11.8 Å². The predicted octanol–water partition coefficient (Wildman–Crippen LogP) is 0.805. The molecule has 0 aromatic rings. The molecule has 0 spiro atoms. The van der Waals surface area contributed by atoms with Gasteiger partial charge in [0.15, 0.2) is 0 Å². The van der Waals surface area contributed by atoms with E-state index >= 15 is 0 Å². The maximum absolute atomic E-state index is 11.3. The van der Waals surface area contributed by atoms with Crippen LogP contribution in [0.25, 0.3) is 0 Å². The van der Waals surface area contributed by atoms with Crippen LogP contribution in [0.15, 0.2) is 12.7 Å². The van der Waals surface area contributed by atoms with Gasteiger partial charge >= 0.3 is 0 Å². The lowest BCUT2D eigenvalue weighted by Gasteiger charge is -2.22. The number of carbonyl (C=O) groups is 1. The zero-order valence-corrected chi connectivity index (χ0v) is 9.76. The fourth-order valence-electron chi connectivity index (χ4n) is 1.23. The number of thioether (sulfide) groups is 1. The highest BCUT2D eigenvalue weighted by Gasteiger charge is 2.15. The van der Waals surface area contributed by atoms with Gasteiger partial charge in [-0.3, -0.25) is 4.79 Å². The number of rotatable bonds is 4. The predicted molar refractivity (Wildman–Crippen MR) is 64.2 cm³/mol. The first-order valence-corrected chi connectivity index (χ1v) is 5.67. The molecule has 1 fully saturated rings. The molecule has 0 aliphatic carbocycles. The summed E-state index contributed by atoms with van der Waals surface area (Å²) in [6.07, 6.45) is 2.28. The lowest BCUT2D eigenvalue weighted by Crippen LogP contribution is -2.41. The van der Waals surface area contributed by atoms with Crippen LogP contribution in [-0.4, -0.2) is 36.5 Å². The van der Waals surface area contributed by atoms with Gasteiger partial charge in [0.25, 0.3) is 0 Å². The third-order valence-electron chi connectivity index (χ3n) is 1.87. The van der Waals surface area contributed by atoms with E-state index in [0.717, 1.165) is 18.1 Å². The van der Waals surface area contributed by atoms with Crippen molar-refractivity contribution < 1.29 is 4.79 Å².